The normalized spacial score (nSPS) is 18.1. The number of fused-ring (bicyclic) bond motifs is 1. The maximum Gasteiger partial charge on any atom is 0.268 e. The summed E-state index contributed by atoms with van der Waals surface area (Å²) >= 11 is 0. The van der Waals surface area contributed by atoms with Gasteiger partial charge in [0.25, 0.3) is 11.5 Å². The molecule has 1 atom stereocenters. The number of hydrogen-bond acceptors (Lipinski definition) is 4. The van der Waals surface area contributed by atoms with Crippen molar-refractivity contribution in [2.75, 3.05) is 19.7 Å². The second-order valence-electron chi connectivity index (χ2n) is 8.18. The van der Waals surface area contributed by atoms with E-state index in [9.17, 15) is 9.59 Å². The molecule has 1 saturated heterocycles. The highest BCUT2D eigenvalue weighted by Crippen LogP contribution is 2.27. The number of carbonyl (C=O) groups is 1. The van der Waals surface area contributed by atoms with Crippen LogP contribution in [0.4, 0.5) is 0 Å². The Morgan fingerprint density at radius 3 is 2.87 bits per heavy atom. The van der Waals surface area contributed by atoms with Crippen molar-refractivity contribution in [3.8, 4) is 5.69 Å². The predicted octanol–water partition coefficient (Wildman–Crippen LogP) is 3.24. The van der Waals surface area contributed by atoms with Crippen LogP contribution in [-0.4, -0.2) is 40.1 Å². The average molecular weight is 415 g/mol. The van der Waals surface area contributed by atoms with Crippen LogP contribution in [0.25, 0.3) is 5.69 Å². The zero-order chi connectivity index (χ0) is 21.4. The monoisotopic (exact) mass is 415 g/mol. The molecule has 5 rings (SSSR count). The van der Waals surface area contributed by atoms with Crippen molar-refractivity contribution >= 4 is 5.91 Å². The maximum atomic E-state index is 13.5. The highest BCUT2D eigenvalue weighted by Gasteiger charge is 2.29. The van der Waals surface area contributed by atoms with E-state index in [0.717, 1.165) is 30.6 Å². The van der Waals surface area contributed by atoms with Crippen molar-refractivity contribution in [2.45, 2.75) is 32.3 Å². The van der Waals surface area contributed by atoms with E-state index in [1.807, 2.05) is 43.3 Å². The molecule has 1 aliphatic carbocycles. The first-order valence-corrected chi connectivity index (χ1v) is 10.8. The first kappa shape index (κ1) is 19.7. The smallest absolute Gasteiger partial charge is 0.268 e. The van der Waals surface area contributed by atoms with Crippen LogP contribution >= 0.6 is 0 Å². The van der Waals surface area contributed by atoms with Crippen molar-refractivity contribution in [1.29, 1.82) is 0 Å². The van der Waals surface area contributed by atoms with Gasteiger partial charge in [0, 0.05) is 18.9 Å². The van der Waals surface area contributed by atoms with E-state index in [1.165, 1.54) is 11.1 Å². The van der Waals surface area contributed by atoms with Gasteiger partial charge in [0.05, 0.1) is 24.5 Å². The fraction of sp³-hybridized carbons (Fsp3) is 0.320. The highest BCUT2D eigenvalue weighted by atomic mass is 16.5. The van der Waals surface area contributed by atoms with Crippen molar-refractivity contribution in [3.05, 3.63) is 93.2 Å². The van der Waals surface area contributed by atoms with E-state index in [1.54, 1.807) is 21.9 Å². The Kier molecular flexibility index (Phi) is 5.16. The standard InChI is InChI=1S/C25H25N3O3/c1-17-11-13-28(21-10-5-7-18-6-4-8-19(18)21)25(30)23(17)24(29)27-14-15-31-22(16-27)20-9-2-3-12-26-20/h2-3,5,7,9-13,22H,4,6,8,14-16H2,1H3. The van der Waals surface area contributed by atoms with Gasteiger partial charge >= 0.3 is 0 Å². The number of hydrogen-bond donors (Lipinski definition) is 0. The molecular weight excluding hydrogens is 390 g/mol. The number of morpholine rings is 1. The first-order chi connectivity index (χ1) is 15.1. The third-order valence-electron chi connectivity index (χ3n) is 6.27. The van der Waals surface area contributed by atoms with Crippen LogP contribution in [0.2, 0.25) is 0 Å². The molecule has 1 unspecified atom stereocenters. The summed E-state index contributed by atoms with van der Waals surface area (Å²) in [5.41, 5.74) is 4.87. The Hall–Kier alpha value is -3.25. The van der Waals surface area contributed by atoms with Gasteiger partial charge in [-0.1, -0.05) is 18.2 Å². The SMILES string of the molecule is Cc1ccn(-c2cccc3c2CCC3)c(=O)c1C(=O)N1CCOC(c2ccccn2)C1. The van der Waals surface area contributed by atoms with E-state index >= 15 is 0 Å². The number of benzene rings is 1. The molecule has 3 heterocycles. The van der Waals surface area contributed by atoms with E-state index in [4.69, 9.17) is 4.74 Å². The molecule has 0 bridgehead atoms. The summed E-state index contributed by atoms with van der Waals surface area (Å²) in [4.78, 5) is 33.0. The van der Waals surface area contributed by atoms with Crippen LogP contribution in [0.1, 0.15) is 45.3 Å². The van der Waals surface area contributed by atoms with Crippen LogP contribution < -0.4 is 5.56 Å². The summed E-state index contributed by atoms with van der Waals surface area (Å²) in [6, 6.07) is 13.6. The summed E-state index contributed by atoms with van der Waals surface area (Å²) in [5, 5.41) is 0. The van der Waals surface area contributed by atoms with E-state index < -0.39 is 0 Å². The first-order valence-electron chi connectivity index (χ1n) is 10.8. The van der Waals surface area contributed by atoms with Gasteiger partial charge in [-0.05, 0) is 67.1 Å². The third-order valence-corrected chi connectivity index (χ3v) is 6.27. The molecule has 31 heavy (non-hydrogen) atoms. The second-order valence-corrected chi connectivity index (χ2v) is 8.18. The number of rotatable bonds is 3. The van der Waals surface area contributed by atoms with E-state index in [0.29, 0.717) is 25.3 Å². The summed E-state index contributed by atoms with van der Waals surface area (Å²) < 4.78 is 7.48. The predicted molar refractivity (Wildman–Crippen MR) is 118 cm³/mol. The third kappa shape index (κ3) is 3.57. The minimum absolute atomic E-state index is 0.236. The summed E-state index contributed by atoms with van der Waals surface area (Å²) in [5.74, 6) is -0.242. The fourth-order valence-electron chi connectivity index (χ4n) is 4.64. The maximum absolute atomic E-state index is 13.5. The Bertz CT molecular complexity index is 1190. The molecule has 2 aromatic heterocycles. The van der Waals surface area contributed by atoms with Gasteiger partial charge in [0.15, 0.2) is 0 Å². The van der Waals surface area contributed by atoms with Gasteiger partial charge in [-0.2, -0.15) is 0 Å². The van der Waals surface area contributed by atoms with Gasteiger partial charge in [0.1, 0.15) is 11.7 Å². The van der Waals surface area contributed by atoms with Gasteiger partial charge in [0.2, 0.25) is 0 Å². The number of carbonyl (C=O) groups excluding carboxylic acids is 1. The van der Waals surface area contributed by atoms with Crippen LogP contribution in [0, 0.1) is 6.92 Å². The zero-order valence-corrected chi connectivity index (χ0v) is 17.6. The summed E-state index contributed by atoms with van der Waals surface area (Å²) in [6.07, 6.45) is 6.32. The number of pyridine rings is 2. The Morgan fingerprint density at radius 1 is 1.13 bits per heavy atom. The number of aromatic nitrogens is 2. The molecule has 3 aromatic rings. The molecule has 1 aliphatic heterocycles. The molecule has 6 heteroatoms. The van der Waals surface area contributed by atoms with Gasteiger partial charge in [-0.3, -0.25) is 19.1 Å². The molecular formula is C25H25N3O3. The largest absolute Gasteiger partial charge is 0.368 e. The van der Waals surface area contributed by atoms with Crippen LogP contribution in [-0.2, 0) is 17.6 Å². The Balaban J connectivity index is 1.49. The average Bonchev–Trinajstić information content (AvgIpc) is 3.29. The molecule has 6 nitrogen and oxygen atoms in total. The van der Waals surface area contributed by atoms with Gasteiger partial charge in [-0.15, -0.1) is 0 Å². The number of amides is 1. The Morgan fingerprint density at radius 2 is 2.03 bits per heavy atom. The van der Waals surface area contributed by atoms with Crippen molar-refractivity contribution in [3.63, 3.8) is 0 Å². The molecule has 0 spiro atoms. The molecule has 1 fully saturated rings. The lowest BCUT2D eigenvalue weighted by atomic mass is 10.1. The number of ether oxygens (including phenoxy) is 1. The minimum atomic E-state index is -0.289. The lowest BCUT2D eigenvalue weighted by Gasteiger charge is -2.33. The molecule has 0 N–H and O–H groups in total. The summed E-state index contributed by atoms with van der Waals surface area (Å²) in [7, 11) is 0. The lowest BCUT2D eigenvalue weighted by Crippen LogP contribution is -2.45. The van der Waals surface area contributed by atoms with Crippen molar-refractivity contribution < 1.29 is 9.53 Å². The number of nitrogens with zero attached hydrogens (tertiary/aromatic N) is 3. The Labute approximate surface area is 181 Å². The van der Waals surface area contributed by atoms with Crippen molar-refractivity contribution in [2.24, 2.45) is 0 Å². The van der Waals surface area contributed by atoms with Crippen LogP contribution in [0.15, 0.2) is 59.7 Å². The zero-order valence-electron chi connectivity index (χ0n) is 17.6. The molecule has 158 valence electrons. The molecule has 0 saturated carbocycles. The second kappa shape index (κ2) is 8.12. The fourth-order valence-corrected chi connectivity index (χ4v) is 4.64. The summed E-state index contributed by atoms with van der Waals surface area (Å²) in [6.45, 7) is 3.07. The van der Waals surface area contributed by atoms with Gasteiger partial charge in [-0.25, -0.2) is 0 Å². The topological polar surface area (TPSA) is 64.4 Å². The highest BCUT2D eigenvalue weighted by molar-refractivity contribution is 5.95. The van der Waals surface area contributed by atoms with Crippen LogP contribution in [0.5, 0.6) is 0 Å². The van der Waals surface area contributed by atoms with Crippen molar-refractivity contribution in [1.82, 2.24) is 14.5 Å². The quantitative estimate of drug-likeness (QED) is 0.659. The van der Waals surface area contributed by atoms with E-state index in [2.05, 4.69) is 11.1 Å². The molecule has 1 amide bonds. The number of aryl methyl sites for hydroxylation is 2. The van der Waals surface area contributed by atoms with Gasteiger partial charge < -0.3 is 9.64 Å². The molecule has 2 aliphatic rings. The molecule has 1 aromatic carbocycles. The minimum Gasteiger partial charge on any atom is -0.368 e. The molecule has 0 radical (unpaired) electrons. The van der Waals surface area contributed by atoms with Crippen LogP contribution in [0.3, 0.4) is 0 Å². The van der Waals surface area contributed by atoms with E-state index in [-0.39, 0.29) is 23.1 Å². The lowest BCUT2D eigenvalue weighted by molar-refractivity contribution is -0.0248.